The molecule has 0 aliphatic carbocycles. The van der Waals surface area contributed by atoms with Crippen LogP contribution in [0.25, 0.3) is 0 Å². The third kappa shape index (κ3) is 3.28. The molecule has 0 unspecified atom stereocenters. The average molecular weight is 289 g/mol. The normalized spacial score (nSPS) is 16.4. The van der Waals surface area contributed by atoms with Gasteiger partial charge in [-0.3, -0.25) is 9.88 Å². The second kappa shape index (κ2) is 6.06. The van der Waals surface area contributed by atoms with E-state index in [-0.39, 0.29) is 5.69 Å². The molecule has 21 heavy (non-hydrogen) atoms. The Kier molecular flexibility index (Phi) is 4.38. The van der Waals surface area contributed by atoms with Crippen molar-refractivity contribution >= 4 is 11.8 Å². The summed E-state index contributed by atoms with van der Waals surface area (Å²) >= 11 is 0. The molecule has 2 heterocycles. The number of carbonyl (C=O) groups is 1. The minimum absolute atomic E-state index is 0.204. The summed E-state index contributed by atoms with van der Waals surface area (Å²) in [6.45, 7) is 6.85. The minimum Gasteiger partial charge on any atom is -0.464 e. The van der Waals surface area contributed by atoms with E-state index in [0.29, 0.717) is 5.82 Å². The van der Waals surface area contributed by atoms with E-state index in [1.807, 2.05) is 13.8 Å². The molecular weight excluding hydrogens is 270 g/mol. The van der Waals surface area contributed by atoms with Gasteiger partial charge in [0, 0.05) is 26.2 Å². The van der Waals surface area contributed by atoms with E-state index in [0.717, 1.165) is 26.2 Å². The Labute approximate surface area is 124 Å². The fourth-order valence-electron chi connectivity index (χ4n) is 2.28. The summed E-state index contributed by atoms with van der Waals surface area (Å²) in [5.74, 6) is 0.168. The lowest BCUT2D eigenvalue weighted by Gasteiger charge is -2.40. The second-order valence-corrected chi connectivity index (χ2v) is 5.40. The maximum absolute atomic E-state index is 11.5. The number of ether oxygens (including phenoxy) is 1. The lowest BCUT2D eigenvalue weighted by atomic mass is 10.0. The Balaban J connectivity index is 2.06. The van der Waals surface area contributed by atoms with Crippen LogP contribution in [-0.4, -0.2) is 59.7 Å². The van der Waals surface area contributed by atoms with Gasteiger partial charge >= 0.3 is 5.97 Å². The quantitative estimate of drug-likeness (QED) is 0.757. The van der Waals surface area contributed by atoms with Crippen molar-refractivity contribution in [3.05, 3.63) is 18.1 Å². The largest absolute Gasteiger partial charge is 0.464 e. The first-order valence-electron chi connectivity index (χ1n) is 6.79. The molecule has 1 saturated heterocycles. The Bertz CT molecular complexity index is 559. The Hall–Kier alpha value is -2.20. The molecule has 0 bridgehead atoms. The highest BCUT2D eigenvalue weighted by Gasteiger charge is 2.30. The van der Waals surface area contributed by atoms with Crippen LogP contribution in [0, 0.1) is 11.3 Å². The highest BCUT2D eigenvalue weighted by Crippen LogP contribution is 2.19. The van der Waals surface area contributed by atoms with Crippen molar-refractivity contribution in [2.45, 2.75) is 19.4 Å². The standard InChI is InChI=1S/C14H19N5O2/c1-14(2,10-15)19-6-4-18(5-7-19)12-9-16-8-11(17-12)13(20)21-3/h8-9H,4-7H2,1-3H3. The second-order valence-electron chi connectivity index (χ2n) is 5.40. The first-order valence-corrected chi connectivity index (χ1v) is 6.79. The van der Waals surface area contributed by atoms with Gasteiger partial charge in [0.1, 0.15) is 11.4 Å². The molecule has 0 N–H and O–H groups in total. The molecule has 0 radical (unpaired) electrons. The van der Waals surface area contributed by atoms with Gasteiger partial charge in [-0.2, -0.15) is 5.26 Å². The Morgan fingerprint density at radius 2 is 2.00 bits per heavy atom. The fourth-order valence-corrected chi connectivity index (χ4v) is 2.28. The number of piperazine rings is 1. The molecule has 1 aliphatic rings. The minimum atomic E-state index is -0.492. The molecule has 0 spiro atoms. The monoisotopic (exact) mass is 289 g/mol. The van der Waals surface area contributed by atoms with Crippen LogP contribution in [0.2, 0.25) is 0 Å². The molecule has 7 nitrogen and oxygen atoms in total. The number of rotatable bonds is 3. The first kappa shape index (κ1) is 15.2. The van der Waals surface area contributed by atoms with Crippen LogP contribution in [0.1, 0.15) is 24.3 Å². The molecule has 0 aromatic carbocycles. The van der Waals surface area contributed by atoms with Gasteiger partial charge in [-0.05, 0) is 13.8 Å². The zero-order valence-corrected chi connectivity index (χ0v) is 12.5. The molecule has 112 valence electrons. The Morgan fingerprint density at radius 1 is 1.33 bits per heavy atom. The van der Waals surface area contributed by atoms with Gasteiger partial charge in [-0.25, -0.2) is 9.78 Å². The fraction of sp³-hybridized carbons (Fsp3) is 0.571. The van der Waals surface area contributed by atoms with E-state index in [9.17, 15) is 10.1 Å². The lowest BCUT2D eigenvalue weighted by Crippen LogP contribution is -2.54. The van der Waals surface area contributed by atoms with E-state index < -0.39 is 11.5 Å². The topological polar surface area (TPSA) is 82.4 Å². The molecule has 2 rings (SSSR count). The number of esters is 1. The number of anilines is 1. The lowest BCUT2D eigenvalue weighted by molar-refractivity contribution is 0.0593. The van der Waals surface area contributed by atoms with Gasteiger partial charge in [-0.15, -0.1) is 0 Å². The molecule has 0 saturated carbocycles. The number of nitrogens with zero attached hydrogens (tertiary/aromatic N) is 5. The van der Waals surface area contributed by atoms with Crippen LogP contribution in [-0.2, 0) is 4.74 Å². The van der Waals surface area contributed by atoms with Crippen LogP contribution in [0.15, 0.2) is 12.4 Å². The van der Waals surface area contributed by atoms with E-state index in [1.165, 1.54) is 13.3 Å². The molecule has 0 atom stereocenters. The number of hydrogen-bond donors (Lipinski definition) is 0. The number of nitriles is 1. The van der Waals surface area contributed by atoms with Crippen molar-refractivity contribution in [1.29, 1.82) is 5.26 Å². The third-order valence-electron chi connectivity index (χ3n) is 3.68. The van der Waals surface area contributed by atoms with Crippen molar-refractivity contribution < 1.29 is 9.53 Å². The summed E-state index contributed by atoms with van der Waals surface area (Å²) in [5.41, 5.74) is -0.263. The maximum atomic E-state index is 11.5. The molecule has 0 amide bonds. The van der Waals surface area contributed by atoms with Crippen molar-refractivity contribution in [2.24, 2.45) is 0 Å². The smallest absolute Gasteiger partial charge is 0.358 e. The predicted molar refractivity (Wildman–Crippen MR) is 76.8 cm³/mol. The summed E-state index contributed by atoms with van der Waals surface area (Å²) in [6, 6.07) is 2.32. The van der Waals surface area contributed by atoms with E-state index >= 15 is 0 Å². The SMILES string of the molecule is COC(=O)c1cncc(N2CCN(C(C)(C)C#N)CC2)n1. The highest BCUT2D eigenvalue weighted by molar-refractivity contribution is 5.87. The Morgan fingerprint density at radius 3 is 2.57 bits per heavy atom. The summed E-state index contributed by atoms with van der Waals surface area (Å²) in [4.78, 5) is 24.0. The number of hydrogen-bond acceptors (Lipinski definition) is 7. The van der Waals surface area contributed by atoms with Crippen LogP contribution in [0.4, 0.5) is 5.82 Å². The average Bonchev–Trinajstić information content (AvgIpc) is 2.54. The molecule has 7 heteroatoms. The van der Waals surface area contributed by atoms with Gasteiger partial charge in [0.2, 0.25) is 0 Å². The van der Waals surface area contributed by atoms with Crippen LogP contribution in [0.5, 0.6) is 0 Å². The predicted octanol–water partition coefficient (Wildman–Crippen LogP) is 0.687. The number of carbonyl (C=O) groups excluding carboxylic acids is 1. The van der Waals surface area contributed by atoms with E-state index in [4.69, 9.17) is 0 Å². The van der Waals surface area contributed by atoms with Gasteiger partial charge in [0.25, 0.3) is 0 Å². The van der Waals surface area contributed by atoms with Crippen LogP contribution >= 0.6 is 0 Å². The van der Waals surface area contributed by atoms with Crippen molar-refractivity contribution in [2.75, 3.05) is 38.2 Å². The van der Waals surface area contributed by atoms with Gasteiger partial charge in [0.05, 0.1) is 25.6 Å². The zero-order chi connectivity index (χ0) is 15.5. The molecular formula is C14H19N5O2. The van der Waals surface area contributed by atoms with Crippen LogP contribution in [0.3, 0.4) is 0 Å². The van der Waals surface area contributed by atoms with Crippen LogP contribution < -0.4 is 4.90 Å². The maximum Gasteiger partial charge on any atom is 0.358 e. The van der Waals surface area contributed by atoms with Gasteiger partial charge in [-0.1, -0.05) is 0 Å². The first-order chi connectivity index (χ1) is 9.97. The zero-order valence-electron chi connectivity index (χ0n) is 12.5. The van der Waals surface area contributed by atoms with Crippen molar-refractivity contribution in [3.63, 3.8) is 0 Å². The van der Waals surface area contributed by atoms with Gasteiger partial charge in [0.15, 0.2) is 5.69 Å². The van der Waals surface area contributed by atoms with Crippen molar-refractivity contribution in [3.8, 4) is 6.07 Å². The molecule has 1 fully saturated rings. The summed E-state index contributed by atoms with van der Waals surface area (Å²) in [6.07, 6.45) is 3.03. The van der Waals surface area contributed by atoms with E-state index in [1.54, 1.807) is 6.20 Å². The number of methoxy groups -OCH3 is 1. The van der Waals surface area contributed by atoms with Gasteiger partial charge < -0.3 is 9.64 Å². The molecule has 1 aliphatic heterocycles. The number of aromatic nitrogens is 2. The molecule has 1 aromatic heterocycles. The highest BCUT2D eigenvalue weighted by atomic mass is 16.5. The summed E-state index contributed by atoms with van der Waals surface area (Å²) < 4.78 is 4.65. The molecule has 1 aromatic rings. The van der Waals surface area contributed by atoms with Crippen molar-refractivity contribution in [1.82, 2.24) is 14.9 Å². The summed E-state index contributed by atoms with van der Waals surface area (Å²) in [7, 11) is 1.32. The van der Waals surface area contributed by atoms with E-state index in [2.05, 4.69) is 30.6 Å². The summed E-state index contributed by atoms with van der Waals surface area (Å²) in [5, 5.41) is 9.17. The third-order valence-corrected chi connectivity index (χ3v) is 3.68.